The summed E-state index contributed by atoms with van der Waals surface area (Å²) in [5, 5.41) is 2.80. The standard InChI is InChI=1S/C24H31N3O3/c1-26(18-19-10-12-20(13-11-19)27-16-6-3-7-17-27)23(28)14-15-25-24(29)21-8-4-5-9-22(21)30-2/h4-5,8-13H,3,6-7,14-18H2,1-2H3,(H,25,29). The molecule has 1 fully saturated rings. The van der Waals surface area contributed by atoms with E-state index in [0.29, 0.717) is 17.9 Å². The summed E-state index contributed by atoms with van der Waals surface area (Å²) in [5.41, 5.74) is 2.82. The lowest BCUT2D eigenvalue weighted by molar-refractivity contribution is -0.130. The van der Waals surface area contributed by atoms with Crippen LogP contribution in [-0.4, -0.2) is 50.5 Å². The zero-order valence-electron chi connectivity index (χ0n) is 17.9. The van der Waals surface area contributed by atoms with Crippen molar-refractivity contribution in [3.05, 3.63) is 59.7 Å². The van der Waals surface area contributed by atoms with Gasteiger partial charge in [-0.2, -0.15) is 0 Å². The van der Waals surface area contributed by atoms with Crippen molar-refractivity contribution in [2.75, 3.05) is 38.7 Å². The fourth-order valence-electron chi connectivity index (χ4n) is 3.73. The largest absolute Gasteiger partial charge is 0.496 e. The number of ether oxygens (including phenoxy) is 1. The maximum Gasteiger partial charge on any atom is 0.255 e. The zero-order valence-corrected chi connectivity index (χ0v) is 17.9. The van der Waals surface area contributed by atoms with Gasteiger partial charge in [-0.1, -0.05) is 24.3 Å². The van der Waals surface area contributed by atoms with Crippen LogP contribution in [-0.2, 0) is 11.3 Å². The van der Waals surface area contributed by atoms with Crippen molar-refractivity contribution in [3.63, 3.8) is 0 Å². The summed E-state index contributed by atoms with van der Waals surface area (Å²) in [7, 11) is 3.33. The molecule has 1 N–H and O–H groups in total. The molecular formula is C24H31N3O3. The van der Waals surface area contributed by atoms with Crippen LogP contribution in [0, 0.1) is 0 Å². The van der Waals surface area contributed by atoms with E-state index in [4.69, 9.17) is 4.74 Å². The molecule has 0 aliphatic carbocycles. The molecule has 0 aromatic heterocycles. The highest BCUT2D eigenvalue weighted by Crippen LogP contribution is 2.21. The number of benzene rings is 2. The molecule has 160 valence electrons. The molecule has 0 bridgehead atoms. The molecule has 0 spiro atoms. The number of anilines is 1. The third-order valence-electron chi connectivity index (χ3n) is 5.48. The Morgan fingerprint density at radius 1 is 1.03 bits per heavy atom. The number of methoxy groups -OCH3 is 1. The molecule has 2 aromatic carbocycles. The normalized spacial score (nSPS) is 13.6. The highest BCUT2D eigenvalue weighted by Gasteiger charge is 2.14. The second kappa shape index (κ2) is 10.7. The topological polar surface area (TPSA) is 61.9 Å². The van der Waals surface area contributed by atoms with E-state index in [2.05, 4.69) is 34.5 Å². The van der Waals surface area contributed by atoms with E-state index < -0.39 is 0 Å². The lowest BCUT2D eigenvalue weighted by atomic mass is 10.1. The Morgan fingerprint density at radius 2 is 1.73 bits per heavy atom. The molecule has 0 saturated carbocycles. The first-order valence-electron chi connectivity index (χ1n) is 10.6. The molecule has 2 aromatic rings. The summed E-state index contributed by atoms with van der Waals surface area (Å²) < 4.78 is 5.21. The Hall–Kier alpha value is -3.02. The van der Waals surface area contributed by atoms with Crippen LogP contribution in [0.15, 0.2) is 48.5 Å². The fourth-order valence-corrected chi connectivity index (χ4v) is 3.73. The quantitative estimate of drug-likeness (QED) is 0.725. The van der Waals surface area contributed by atoms with Gasteiger partial charge in [-0.05, 0) is 49.1 Å². The van der Waals surface area contributed by atoms with E-state index >= 15 is 0 Å². The van der Waals surface area contributed by atoms with Gasteiger partial charge in [0, 0.05) is 45.3 Å². The number of piperidine rings is 1. The van der Waals surface area contributed by atoms with Gasteiger partial charge >= 0.3 is 0 Å². The molecule has 0 unspecified atom stereocenters. The molecule has 6 nitrogen and oxygen atoms in total. The smallest absolute Gasteiger partial charge is 0.255 e. The van der Waals surface area contributed by atoms with Gasteiger partial charge in [0.05, 0.1) is 12.7 Å². The van der Waals surface area contributed by atoms with Crippen LogP contribution in [0.3, 0.4) is 0 Å². The van der Waals surface area contributed by atoms with Crippen LogP contribution in [0.4, 0.5) is 5.69 Å². The van der Waals surface area contributed by atoms with Crippen molar-refractivity contribution in [3.8, 4) is 5.75 Å². The SMILES string of the molecule is COc1ccccc1C(=O)NCCC(=O)N(C)Cc1ccc(N2CCCCC2)cc1. The van der Waals surface area contributed by atoms with Crippen LogP contribution in [0.25, 0.3) is 0 Å². The number of hydrogen-bond acceptors (Lipinski definition) is 4. The first kappa shape index (κ1) is 21.7. The van der Waals surface area contributed by atoms with E-state index in [9.17, 15) is 9.59 Å². The van der Waals surface area contributed by atoms with Gasteiger partial charge in [-0.3, -0.25) is 9.59 Å². The summed E-state index contributed by atoms with van der Waals surface area (Å²) in [6.07, 6.45) is 4.09. The van der Waals surface area contributed by atoms with Gasteiger partial charge in [0.2, 0.25) is 5.91 Å². The number of nitrogens with one attached hydrogen (secondary N) is 1. The number of hydrogen-bond donors (Lipinski definition) is 1. The van der Waals surface area contributed by atoms with Crippen LogP contribution in [0.2, 0.25) is 0 Å². The Morgan fingerprint density at radius 3 is 2.43 bits per heavy atom. The average Bonchev–Trinajstić information content (AvgIpc) is 2.79. The molecule has 1 aliphatic heterocycles. The summed E-state index contributed by atoms with van der Waals surface area (Å²) in [6.45, 7) is 3.09. The summed E-state index contributed by atoms with van der Waals surface area (Å²) in [6, 6.07) is 15.5. The number of rotatable bonds is 8. The molecule has 1 saturated heterocycles. The van der Waals surface area contributed by atoms with Crippen molar-refractivity contribution in [1.82, 2.24) is 10.2 Å². The van der Waals surface area contributed by atoms with Crippen molar-refractivity contribution >= 4 is 17.5 Å². The minimum atomic E-state index is -0.240. The molecule has 0 atom stereocenters. The molecule has 3 rings (SSSR count). The molecule has 1 aliphatic rings. The number of para-hydroxylation sites is 1. The molecule has 6 heteroatoms. The van der Waals surface area contributed by atoms with Crippen molar-refractivity contribution in [1.29, 1.82) is 0 Å². The highest BCUT2D eigenvalue weighted by molar-refractivity contribution is 5.97. The van der Waals surface area contributed by atoms with Crippen LogP contribution in [0.1, 0.15) is 41.6 Å². The summed E-state index contributed by atoms with van der Waals surface area (Å²) in [4.78, 5) is 28.9. The van der Waals surface area contributed by atoms with E-state index in [0.717, 1.165) is 18.7 Å². The van der Waals surface area contributed by atoms with Gasteiger partial charge in [0.1, 0.15) is 5.75 Å². The van der Waals surface area contributed by atoms with Crippen LogP contribution < -0.4 is 15.0 Å². The Labute approximate surface area is 178 Å². The van der Waals surface area contributed by atoms with E-state index in [1.807, 2.05) is 6.07 Å². The van der Waals surface area contributed by atoms with E-state index in [-0.39, 0.29) is 24.8 Å². The molecule has 30 heavy (non-hydrogen) atoms. The second-order valence-corrected chi connectivity index (χ2v) is 7.67. The fraction of sp³-hybridized carbons (Fsp3) is 0.417. The number of carbonyl (C=O) groups excluding carboxylic acids is 2. The summed E-state index contributed by atoms with van der Waals surface area (Å²) in [5.74, 6) is 0.276. The van der Waals surface area contributed by atoms with Crippen LogP contribution >= 0.6 is 0 Å². The summed E-state index contributed by atoms with van der Waals surface area (Å²) >= 11 is 0. The Balaban J connectivity index is 1.44. The minimum absolute atomic E-state index is 0.00423. The molecule has 0 radical (unpaired) electrons. The molecule has 1 heterocycles. The lowest BCUT2D eigenvalue weighted by Gasteiger charge is -2.29. The van der Waals surface area contributed by atoms with Gasteiger partial charge in [0.15, 0.2) is 0 Å². The van der Waals surface area contributed by atoms with Crippen molar-refractivity contribution in [2.45, 2.75) is 32.2 Å². The van der Waals surface area contributed by atoms with Gasteiger partial charge in [-0.25, -0.2) is 0 Å². The highest BCUT2D eigenvalue weighted by atomic mass is 16.5. The van der Waals surface area contributed by atoms with Crippen LogP contribution in [0.5, 0.6) is 5.75 Å². The Kier molecular flexibility index (Phi) is 7.71. The number of carbonyl (C=O) groups is 2. The Bertz CT molecular complexity index is 845. The second-order valence-electron chi connectivity index (χ2n) is 7.67. The predicted molar refractivity (Wildman–Crippen MR) is 119 cm³/mol. The first-order chi connectivity index (χ1) is 14.6. The molecule has 2 amide bonds. The van der Waals surface area contributed by atoms with Crippen molar-refractivity contribution in [2.24, 2.45) is 0 Å². The van der Waals surface area contributed by atoms with E-state index in [1.165, 1.54) is 32.1 Å². The number of nitrogens with zero attached hydrogens (tertiary/aromatic N) is 2. The van der Waals surface area contributed by atoms with Crippen molar-refractivity contribution < 1.29 is 14.3 Å². The van der Waals surface area contributed by atoms with Gasteiger partial charge in [-0.15, -0.1) is 0 Å². The first-order valence-corrected chi connectivity index (χ1v) is 10.6. The third kappa shape index (κ3) is 5.75. The average molecular weight is 410 g/mol. The third-order valence-corrected chi connectivity index (χ3v) is 5.48. The monoisotopic (exact) mass is 409 g/mol. The van der Waals surface area contributed by atoms with Gasteiger partial charge < -0.3 is 19.9 Å². The maximum atomic E-state index is 12.4. The lowest BCUT2D eigenvalue weighted by Crippen LogP contribution is -2.32. The molecular weight excluding hydrogens is 378 g/mol. The predicted octanol–water partition coefficient (Wildman–Crippen LogP) is 3.46. The zero-order chi connectivity index (χ0) is 21.3. The minimum Gasteiger partial charge on any atom is -0.496 e. The van der Waals surface area contributed by atoms with Gasteiger partial charge in [0.25, 0.3) is 5.91 Å². The maximum absolute atomic E-state index is 12.4. The number of amides is 2. The van der Waals surface area contributed by atoms with E-state index in [1.54, 1.807) is 30.1 Å².